The quantitative estimate of drug-likeness (QED) is 0.749. The maximum atomic E-state index is 5.33. The monoisotopic (exact) mass is 238 g/mol. The molecule has 0 amide bonds. The van der Waals surface area contributed by atoms with Crippen LogP contribution in [0.4, 0.5) is 0 Å². The molecule has 1 atom stereocenters. The average molecular weight is 238 g/mol. The average Bonchev–Trinajstić information content (AvgIpc) is 2.82. The summed E-state index contributed by atoms with van der Waals surface area (Å²) in [4.78, 5) is 2.38. The van der Waals surface area contributed by atoms with Gasteiger partial charge in [-0.3, -0.25) is 4.90 Å². The van der Waals surface area contributed by atoms with Gasteiger partial charge >= 0.3 is 0 Å². The number of hydrogen-bond donors (Lipinski definition) is 1. The van der Waals surface area contributed by atoms with Crippen molar-refractivity contribution in [2.24, 2.45) is 0 Å². The zero-order valence-corrected chi connectivity index (χ0v) is 10.8. The topological polar surface area (TPSA) is 15.3 Å². The van der Waals surface area contributed by atoms with Gasteiger partial charge in [0.2, 0.25) is 0 Å². The predicted molar refractivity (Wildman–Crippen MR) is 71.8 cm³/mol. The van der Waals surface area contributed by atoms with Crippen LogP contribution in [0.2, 0.25) is 0 Å². The van der Waals surface area contributed by atoms with Gasteiger partial charge in [0.25, 0.3) is 0 Å². The van der Waals surface area contributed by atoms with Crippen molar-refractivity contribution in [2.75, 3.05) is 31.9 Å². The number of hydrogen-bond acceptors (Lipinski definition) is 3. The highest BCUT2D eigenvalue weighted by atomic mass is 32.2. The van der Waals surface area contributed by atoms with Crippen LogP contribution in [0.25, 0.3) is 0 Å². The molecule has 0 spiro atoms. The minimum Gasteiger partial charge on any atom is -0.313 e. The highest BCUT2D eigenvalue weighted by molar-refractivity contribution is 8.00. The molecule has 1 unspecified atom stereocenters. The van der Waals surface area contributed by atoms with Crippen molar-refractivity contribution in [3.8, 4) is 12.3 Å². The first-order valence-electron chi connectivity index (χ1n) is 6.39. The minimum atomic E-state index is 0.732. The first kappa shape index (κ1) is 12.3. The summed E-state index contributed by atoms with van der Waals surface area (Å²) in [6, 6.07) is 0.732. The van der Waals surface area contributed by atoms with Gasteiger partial charge in [-0.05, 0) is 31.4 Å². The van der Waals surface area contributed by atoms with E-state index < -0.39 is 0 Å². The summed E-state index contributed by atoms with van der Waals surface area (Å²) in [7, 11) is 0. The molecule has 0 bridgehead atoms. The molecule has 0 radical (unpaired) electrons. The molecular formula is C13H22N2S. The van der Waals surface area contributed by atoms with E-state index in [4.69, 9.17) is 6.42 Å². The van der Waals surface area contributed by atoms with Crippen LogP contribution < -0.4 is 5.32 Å². The van der Waals surface area contributed by atoms with E-state index in [1.807, 2.05) is 0 Å². The Balaban J connectivity index is 1.60. The van der Waals surface area contributed by atoms with Crippen LogP contribution >= 0.6 is 11.8 Å². The molecule has 0 aromatic carbocycles. The lowest BCUT2D eigenvalue weighted by Gasteiger charge is -2.31. The van der Waals surface area contributed by atoms with E-state index in [0.717, 1.165) is 17.8 Å². The highest BCUT2D eigenvalue weighted by Crippen LogP contribution is 2.25. The molecule has 2 rings (SSSR count). The molecule has 2 saturated heterocycles. The van der Waals surface area contributed by atoms with Crippen LogP contribution in [-0.4, -0.2) is 48.1 Å². The lowest BCUT2D eigenvalue weighted by molar-refractivity contribution is 0.218. The molecule has 0 aromatic rings. The fraction of sp³-hybridized carbons (Fsp3) is 0.846. The van der Waals surface area contributed by atoms with Crippen molar-refractivity contribution >= 4 is 11.8 Å². The third-order valence-corrected chi connectivity index (χ3v) is 4.96. The molecule has 2 heterocycles. The molecule has 2 aliphatic rings. The molecule has 0 aliphatic carbocycles. The Kier molecular flexibility index (Phi) is 5.02. The second kappa shape index (κ2) is 6.54. The van der Waals surface area contributed by atoms with E-state index in [2.05, 4.69) is 27.9 Å². The van der Waals surface area contributed by atoms with Crippen LogP contribution in [0.5, 0.6) is 0 Å². The SMILES string of the molecule is C#CCN1CCC(NCC2CCCS2)CC1. The van der Waals surface area contributed by atoms with Gasteiger partial charge < -0.3 is 5.32 Å². The van der Waals surface area contributed by atoms with Gasteiger partial charge in [-0.1, -0.05) is 5.92 Å². The molecule has 1 N–H and O–H groups in total. The molecule has 90 valence electrons. The van der Waals surface area contributed by atoms with E-state index in [9.17, 15) is 0 Å². The van der Waals surface area contributed by atoms with Crippen molar-refractivity contribution in [1.82, 2.24) is 10.2 Å². The smallest absolute Gasteiger partial charge is 0.0598 e. The van der Waals surface area contributed by atoms with Crippen molar-refractivity contribution < 1.29 is 0 Å². The maximum absolute atomic E-state index is 5.33. The van der Waals surface area contributed by atoms with Crippen molar-refractivity contribution in [1.29, 1.82) is 0 Å². The second-order valence-electron chi connectivity index (χ2n) is 4.80. The van der Waals surface area contributed by atoms with Gasteiger partial charge in [0.15, 0.2) is 0 Å². The van der Waals surface area contributed by atoms with E-state index in [-0.39, 0.29) is 0 Å². The van der Waals surface area contributed by atoms with Gasteiger partial charge in [0.1, 0.15) is 0 Å². The molecule has 2 aliphatic heterocycles. The van der Waals surface area contributed by atoms with Gasteiger partial charge in [-0.2, -0.15) is 11.8 Å². The molecule has 2 nitrogen and oxygen atoms in total. The van der Waals surface area contributed by atoms with E-state index in [0.29, 0.717) is 0 Å². The summed E-state index contributed by atoms with van der Waals surface area (Å²) in [5.74, 6) is 4.10. The third-order valence-electron chi connectivity index (χ3n) is 3.56. The Bertz CT molecular complexity index is 235. The standard InChI is InChI=1S/C13H22N2S/c1-2-7-15-8-5-12(6-9-15)14-11-13-4-3-10-16-13/h1,12-14H,3-11H2. The number of nitrogens with zero attached hydrogens (tertiary/aromatic N) is 1. The first-order valence-corrected chi connectivity index (χ1v) is 7.44. The molecule has 0 aromatic heterocycles. The van der Waals surface area contributed by atoms with Gasteiger partial charge in [0.05, 0.1) is 6.54 Å². The molecule has 16 heavy (non-hydrogen) atoms. The Hall–Kier alpha value is -0.170. The molecular weight excluding hydrogens is 216 g/mol. The Morgan fingerprint density at radius 1 is 1.31 bits per heavy atom. The second-order valence-corrected chi connectivity index (χ2v) is 6.21. The normalized spacial score (nSPS) is 28.1. The molecule has 3 heteroatoms. The predicted octanol–water partition coefficient (Wildman–Crippen LogP) is 1.57. The fourth-order valence-electron chi connectivity index (χ4n) is 2.53. The van der Waals surface area contributed by atoms with E-state index in [1.165, 1.54) is 51.1 Å². The summed E-state index contributed by atoms with van der Waals surface area (Å²) in [6.07, 6.45) is 10.7. The van der Waals surface area contributed by atoms with E-state index >= 15 is 0 Å². The van der Waals surface area contributed by atoms with Crippen LogP contribution in [-0.2, 0) is 0 Å². The summed E-state index contributed by atoms with van der Waals surface area (Å²) in [5.41, 5.74) is 0. The number of terminal acetylenes is 1. The third kappa shape index (κ3) is 3.69. The van der Waals surface area contributed by atoms with Gasteiger partial charge in [-0.15, -0.1) is 6.42 Å². The summed E-state index contributed by atoms with van der Waals surface area (Å²) >= 11 is 2.14. The number of nitrogens with one attached hydrogen (secondary N) is 1. The van der Waals surface area contributed by atoms with Crippen LogP contribution in [0, 0.1) is 12.3 Å². The van der Waals surface area contributed by atoms with Crippen molar-refractivity contribution in [3.05, 3.63) is 0 Å². The zero-order chi connectivity index (χ0) is 11.2. The highest BCUT2D eigenvalue weighted by Gasteiger charge is 2.20. The van der Waals surface area contributed by atoms with Gasteiger partial charge in [-0.25, -0.2) is 0 Å². The lowest BCUT2D eigenvalue weighted by atomic mass is 10.0. The Labute approximate surface area is 104 Å². The van der Waals surface area contributed by atoms with Crippen LogP contribution in [0.3, 0.4) is 0 Å². The molecule has 2 fully saturated rings. The van der Waals surface area contributed by atoms with E-state index in [1.54, 1.807) is 0 Å². The minimum absolute atomic E-state index is 0.732. The van der Waals surface area contributed by atoms with Crippen molar-refractivity contribution in [3.63, 3.8) is 0 Å². The van der Waals surface area contributed by atoms with Crippen molar-refractivity contribution in [2.45, 2.75) is 37.0 Å². The Morgan fingerprint density at radius 2 is 2.12 bits per heavy atom. The fourth-order valence-corrected chi connectivity index (χ4v) is 3.74. The molecule has 0 saturated carbocycles. The number of rotatable bonds is 4. The van der Waals surface area contributed by atoms with Gasteiger partial charge in [0, 0.05) is 30.9 Å². The number of thioether (sulfide) groups is 1. The maximum Gasteiger partial charge on any atom is 0.0598 e. The number of piperidine rings is 1. The van der Waals surface area contributed by atoms with Crippen LogP contribution in [0.1, 0.15) is 25.7 Å². The number of likely N-dealkylation sites (tertiary alicyclic amines) is 1. The summed E-state index contributed by atoms with van der Waals surface area (Å²) in [6.45, 7) is 4.37. The summed E-state index contributed by atoms with van der Waals surface area (Å²) < 4.78 is 0. The Morgan fingerprint density at radius 3 is 2.75 bits per heavy atom. The van der Waals surface area contributed by atoms with Crippen LogP contribution in [0.15, 0.2) is 0 Å². The zero-order valence-electron chi connectivity index (χ0n) is 9.95. The lowest BCUT2D eigenvalue weighted by Crippen LogP contribution is -2.44. The summed E-state index contributed by atoms with van der Waals surface area (Å²) in [5, 5.41) is 4.61. The largest absolute Gasteiger partial charge is 0.313 e. The first-order chi connectivity index (χ1) is 7.88.